The minimum absolute atomic E-state index is 0. The van der Waals surface area contributed by atoms with Crippen LogP contribution < -0.4 is 113 Å². The van der Waals surface area contributed by atoms with Crippen molar-refractivity contribution in [2.75, 3.05) is 0 Å². The van der Waals surface area contributed by atoms with Crippen molar-refractivity contribution in [3.63, 3.8) is 0 Å². The number of carboxylic acid groups (broad SMARTS) is 2. The molecule has 0 fully saturated rings. The second-order valence-corrected chi connectivity index (χ2v) is 3.04. The van der Waals surface area contributed by atoms with Gasteiger partial charge < -0.3 is 19.8 Å². The monoisotopic (exact) mass is 236 g/mol. The molecule has 0 aromatic heterocycles. The quantitative estimate of drug-likeness (QED) is 0.454. The number of carbonyl (C=O) groups excluding carboxylic acids is 2. The molecule has 0 saturated carbocycles. The summed E-state index contributed by atoms with van der Waals surface area (Å²) in [6.07, 6.45) is -0.210. The van der Waals surface area contributed by atoms with Gasteiger partial charge in [-0.25, -0.2) is 0 Å². The number of rotatable bonds is 4. The molecule has 0 radical (unpaired) electrons. The Morgan fingerprint density at radius 2 is 1.54 bits per heavy atom. The van der Waals surface area contributed by atoms with Crippen LogP contribution in [0, 0.1) is 5.41 Å². The van der Waals surface area contributed by atoms with Gasteiger partial charge in [-0.1, -0.05) is 13.8 Å². The first-order valence-corrected chi connectivity index (χ1v) is 3.27. The average molecular weight is 236 g/mol. The number of carboxylic acids is 2. The Balaban J connectivity index is -0.000000500. The first-order valence-electron chi connectivity index (χ1n) is 3.27. The van der Waals surface area contributed by atoms with Crippen LogP contribution in [0.3, 0.4) is 0 Å². The van der Waals surface area contributed by atoms with Crippen LogP contribution in [-0.4, -0.2) is 11.9 Å². The molecule has 0 spiro atoms. The molecule has 0 aromatic rings. The summed E-state index contributed by atoms with van der Waals surface area (Å²) >= 11 is 0. The maximum absolute atomic E-state index is 10.3. The summed E-state index contributed by atoms with van der Waals surface area (Å²) in [7, 11) is 0. The fourth-order valence-electron chi connectivity index (χ4n) is 0.517. The summed E-state index contributed by atoms with van der Waals surface area (Å²) in [6.45, 7) is 2.84. The molecule has 0 aromatic carbocycles. The Labute approximate surface area is 163 Å². The van der Waals surface area contributed by atoms with E-state index in [1.54, 1.807) is 0 Å². The maximum Gasteiger partial charge on any atom is 1.00 e. The third-order valence-electron chi connectivity index (χ3n) is 1.51. The molecule has 0 amide bonds. The molecule has 0 N–H and O–H groups in total. The van der Waals surface area contributed by atoms with Gasteiger partial charge in [-0.05, 0) is 12.8 Å². The van der Waals surface area contributed by atoms with Gasteiger partial charge in [0.05, 0.1) is 0 Å². The molecule has 0 aliphatic carbocycles. The van der Waals surface area contributed by atoms with Gasteiger partial charge in [-0.2, -0.15) is 0 Å². The topological polar surface area (TPSA) is 80.3 Å². The molecule has 6 heteroatoms. The summed E-state index contributed by atoms with van der Waals surface area (Å²) in [4.78, 5) is 20.3. The van der Waals surface area contributed by atoms with Gasteiger partial charge in [0.15, 0.2) is 0 Å². The normalized spacial score (nSPS) is 9.38. The first-order chi connectivity index (χ1) is 4.86. The molecule has 0 aliphatic rings. The van der Waals surface area contributed by atoms with Crippen LogP contribution in [0.5, 0.6) is 0 Å². The third kappa shape index (κ3) is 10.5. The van der Waals surface area contributed by atoms with Crippen molar-refractivity contribution >= 4 is 11.9 Å². The molecule has 4 nitrogen and oxygen atoms in total. The molecule has 0 aliphatic heterocycles. The van der Waals surface area contributed by atoms with Crippen molar-refractivity contribution in [2.24, 2.45) is 5.41 Å². The van der Waals surface area contributed by atoms with Crippen molar-refractivity contribution in [1.82, 2.24) is 0 Å². The second-order valence-electron chi connectivity index (χ2n) is 3.04. The van der Waals surface area contributed by atoms with Gasteiger partial charge >= 0.3 is 103 Å². The number of hydrogen-bond donors (Lipinski definition) is 0. The molecule has 0 atom stereocenters. The van der Waals surface area contributed by atoms with Crippen LogP contribution in [0.2, 0.25) is 0 Å². The largest absolute Gasteiger partial charge is 1.00 e. The summed E-state index contributed by atoms with van der Waals surface area (Å²) in [5, 5.41) is 20.3. The third-order valence-corrected chi connectivity index (χ3v) is 1.51. The number of hydrogen-bond acceptors (Lipinski definition) is 4. The fraction of sp³-hybridized carbons (Fsp3) is 0.714. The Morgan fingerprint density at radius 1 is 1.15 bits per heavy atom. The molecular formula is C7H10K2O4. The molecule has 0 saturated heterocycles. The second kappa shape index (κ2) is 9.44. The van der Waals surface area contributed by atoms with Gasteiger partial charge in [0.1, 0.15) is 0 Å². The van der Waals surface area contributed by atoms with Crippen molar-refractivity contribution in [3.05, 3.63) is 0 Å². The Kier molecular flexibility index (Phi) is 15.0. The number of aliphatic carboxylic acids is 2. The van der Waals surface area contributed by atoms with Crippen LogP contribution in [-0.2, 0) is 9.59 Å². The van der Waals surface area contributed by atoms with E-state index in [0.717, 1.165) is 0 Å². The average Bonchev–Trinajstić information content (AvgIpc) is 1.84. The predicted molar refractivity (Wildman–Crippen MR) is 33.0 cm³/mol. The van der Waals surface area contributed by atoms with Gasteiger partial charge in [0, 0.05) is 17.4 Å². The van der Waals surface area contributed by atoms with E-state index in [1.807, 2.05) is 0 Å². The van der Waals surface area contributed by atoms with E-state index in [2.05, 4.69) is 0 Å². The molecule has 0 heterocycles. The van der Waals surface area contributed by atoms with E-state index < -0.39 is 17.4 Å². The van der Waals surface area contributed by atoms with Gasteiger partial charge in [-0.3, -0.25) is 0 Å². The zero-order valence-electron chi connectivity index (χ0n) is 8.55. The molecule has 64 valence electrons. The van der Waals surface area contributed by atoms with Crippen LogP contribution in [0.4, 0.5) is 0 Å². The Bertz CT molecular complexity index is 179. The molecule has 0 unspecified atom stereocenters. The molecule has 13 heavy (non-hydrogen) atoms. The zero-order chi connectivity index (χ0) is 9.07. The SMILES string of the molecule is CC(C)(CCC(=O)[O-])C(=O)[O-].[K+].[K+]. The summed E-state index contributed by atoms with van der Waals surface area (Å²) in [6, 6.07) is 0. The summed E-state index contributed by atoms with van der Waals surface area (Å²) < 4.78 is 0. The number of carbonyl (C=O) groups is 2. The van der Waals surface area contributed by atoms with Crippen molar-refractivity contribution in [2.45, 2.75) is 26.7 Å². The molecular weight excluding hydrogens is 226 g/mol. The predicted octanol–water partition coefficient (Wildman–Crippen LogP) is -7.70. The zero-order valence-corrected chi connectivity index (χ0v) is 14.8. The maximum atomic E-state index is 10.3. The van der Waals surface area contributed by atoms with Crippen molar-refractivity contribution in [1.29, 1.82) is 0 Å². The minimum atomic E-state index is -1.24. The van der Waals surface area contributed by atoms with Crippen molar-refractivity contribution < 1.29 is 123 Å². The first kappa shape index (κ1) is 20.6. The van der Waals surface area contributed by atoms with E-state index in [9.17, 15) is 19.8 Å². The minimum Gasteiger partial charge on any atom is -0.550 e. The van der Waals surface area contributed by atoms with Gasteiger partial charge in [0.25, 0.3) is 0 Å². The van der Waals surface area contributed by atoms with E-state index in [0.29, 0.717) is 0 Å². The van der Waals surface area contributed by atoms with Gasteiger partial charge in [0.2, 0.25) is 0 Å². The van der Waals surface area contributed by atoms with Crippen LogP contribution in [0.25, 0.3) is 0 Å². The van der Waals surface area contributed by atoms with E-state index in [-0.39, 0.29) is 116 Å². The fourth-order valence-corrected chi connectivity index (χ4v) is 0.517. The van der Waals surface area contributed by atoms with Crippen LogP contribution in [0.15, 0.2) is 0 Å². The molecule has 0 bridgehead atoms. The van der Waals surface area contributed by atoms with E-state index in [4.69, 9.17) is 0 Å². The van der Waals surface area contributed by atoms with Crippen LogP contribution in [0.1, 0.15) is 26.7 Å². The van der Waals surface area contributed by atoms with E-state index in [1.165, 1.54) is 13.8 Å². The standard InChI is InChI=1S/C7H12O4.2K/c1-7(2,6(10)11)4-3-5(8)9;;/h3-4H2,1-2H3,(H,8,9)(H,10,11);;/q;2*+1/p-2. The summed E-state index contributed by atoms with van der Waals surface area (Å²) in [5.74, 6) is -2.47. The van der Waals surface area contributed by atoms with E-state index >= 15 is 0 Å². The molecule has 0 rings (SSSR count). The van der Waals surface area contributed by atoms with Crippen molar-refractivity contribution in [3.8, 4) is 0 Å². The summed E-state index contributed by atoms with van der Waals surface area (Å²) in [5.41, 5.74) is -1.08. The Morgan fingerprint density at radius 3 is 1.77 bits per heavy atom. The Hall–Kier alpha value is 2.21. The van der Waals surface area contributed by atoms with Gasteiger partial charge in [-0.15, -0.1) is 0 Å². The van der Waals surface area contributed by atoms with Crippen LogP contribution >= 0.6 is 0 Å². The smallest absolute Gasteiger partial charge is 0.550 e.